The average molecular weight is 429 g/mol. The molecule has 1 atom stereocenters. The second-order valence-electron chi connectivity index (χ2n) is 8.34. The highest BCUT2D eigenvalue weighted by atomic mass is 32.2. The quantitative estimate of drug-likeness (QED) is 0.718. The summed E-state index contributed by atoms with van der Waals surface area (Å²) < 4.78 is 26.8. The van der Waals surface area contributed by atoms with Crippen molar-refractivity contribution < 1.29 is 13.2 Å². The minimum atomic E-state index is -3.39. The molecule has 2 aromatic rings. The number of carbonyl (C=O) groups excluding carboxylic acids is 1. The number of benzene rings is 2. The number of hydrogen-bond donors (Lipinski definition) is 1. The number of amides is 1. The van der Waals surface area contributed by atoms with Crippen LogP contribution in [0.3, 0.4) is 0 Å². The van der Waals surface area contributed by atoms with Gasteiger partial charge in [-0.05, 0) is 86.9 Å². The maximum Gasteiger partial charge on any atom is 0.243 e. The molecule has 30 heavy (non-hydrogen) atoms. The first-order valence-electron chi connectivity index (χ1n) is 10.6. The summed E-state index contributed by atoms with van der Waals surface area (Å²) in [5, 5.41) is 3.09. The lowest BCUT2D eigenvalue weighted by Crippen LogP contribution is -2.28. The lowest BCUT2D eigenvalue weighted by atomic mass is 9.96. The van der Waals surface area contributed by atoms with Gasteiger partial charge in [-0.25, -0.2) is 8.42 Å². The molecule has 5 nitrogen and oxygen atoms in total. The van der Waals surface area contributed by atoms with Crippen LogP contribution in [0.2, 0.25) is 0 Å². The van der Waals surface area contributed by atoms with Crippen LogP contribution in [0, 0.1) is 20.8 Å². The van der Waals surface area contributed by atoms with Gasteiger partial charge >= 0.3 is 0 Å². The van der Waals surface area contributed by atoms with Gasteiger partial charge in [0.15, 0.2) is 0 Å². The number of aryl methyl sites for hydroxylation is 4. The summed E-state index contributed by atoms with van der Waals surface area (Å²) in [4.78, 5) is 12.8. The van der Waals surface area contributed by atoms with E-state index in [0.717, 1.165) is 24.0 Å². The lowest BCUT2D eigenvalue weighted by Gasteiger charge is -2.18. The van der Waals surface area contributed by atoms with Gasteiger partial charge in [0.25, 0.3) is 0 Å². The molecule has 0 spiro atoms. The Labute approximate surface area is 180 Å². The number of sulfonamides is 1. The molecular weight excluding hydrogens is 396 g/mol. The molecule has 2 aromatic carbocycles. The average Bonchev–Trinajstić information content (AvgIpc) is 3.25. The van der Waals surface area contributed by atoms with E-state index < -0.39 is 10.0 Å². The smallest absolute Gasteiger partial charge is 0.243 e. The minimum Gasteiger partial charge on any atom is -0.350 e. The fourth-order valence-electron chi connectivity index (χ4n) is 4.00. The molecule has 1 heterocycles. The van der Waals surface area contributed by atoms with Gasteiger partial charge in [-0.2, -0.15) is 4.31 Å². The molecule has 162 valence electrons. The van der Waals surface area contributed by atoms with E-state index in [4.69, 9.17) is 0 Å². The van der Waals surface area contributed by atoms with Crippen molar-refractivity contribution in [2.45, 2.75) is 64.3 Å². The number of nitrogens with zero attached hydrogens (tertiary/aromatic N) is 1. The SMILES string of the molecule is Cc1cc(C)c([C@H](C)NC(=O)CCc2ccc(S(=O)(=O)N3CCCC3)cc2)cc1C. The highest BCUT2D eigenvalue weighted by Crippen LogP contribution is 2.23. The molecule has 0 saturated carbocycles. The maximum atomic E-state index is 12.6. The Morgan fingerprint density at radius 2 is 1.60 bits per heavy atom. The van der Waals surface area contributed by atoms with Crippen LogP contribution < -0.4 is 5.32 Å². The van der Waals surface area contributed by atoms with Crippen LogP contribution in [-0.2, 0) is 21.2 Å². The normalized spacial score (nSPS) is 15.9. The zero-order valence-electron chi connectivity index (χ0n) is 18.4. The van der Waals surface area contributed by atoms with Crippen molar-refractivity contribution in [3.05, 3.63) is 64.2 Å². The monoisotopic (exact) mass is 428 g/mol. The molecule has 1 fully saturated rings. The van der Waals surface area contributed by atoms with Crippen LogP contribution in [0.1, 0.15) is 60.0 Å². The van der Waals surface area contributed by atoms with Crippen molar-refractivity contribution in [1.29, 1.82) is 0 Å². The van der Waals surface area contributed by atoms with Gasteiger partial charge in [-0.15, -0.1) is 0 Å². The summed E-state index contributed by atoms with van der Waals surface area (Å²) in [5.41, 5.74) is 5.76. The molecule has 1 saturated heterocycles. The van der Waals surface area contributed by atoms with E-state index in [9.17, 15) is 13.2 Å². The van der Waals surface area contributed by atoms with E-state index in [2.05, 4.69) is 38.2 Å². The molecule has 0 aromatic heterocycles. The molecule has 1 N–H and O–H groups in total. The standard InChI is InChI=1S/C24H32N2O3S/c1-17-15-19(3)23(16-18(17)2)20(4)25-24(27)12-9-21-7-10-22(11-8-21)30(28,29)26-13-5-6-14-26/h7-8,10-11,15-16,20H,5-6,9,12-14H2,1-4H3,(H,25,27)/t20-/m0/s1. The van der Waals surface area contributed by atoms with Crippen molar-refractivity contribution in [3.8, 4) is 0 Å². The Hall–Kier alpha value is -2.18. The Morgan fingerprint density at radius 1 is 1.00 bits per heavy atom. The van der Waals surface area contributed by atoms with Crippen molar-refractivity contribution >= 4 is 15.9 Å². The van der Waals surface area contributed by atoms with Crippen LogP contribution in [0.15, 0.2) is 41.3 Å². The van der Waals surface area contributed by atoms with Gasteiger partial charge in [0.2, 0.25) is 15.9 Å². The maximum absolute atomic E-state index is 12.6. The van der Waals surface area contributed by atoms with E-state index in [1.54, 1.807) is 16.4 Å². The highest BCUT2D eigenvalue weighted by molar-refractivity contribution is 7.89. The summed E-state index contributed by atoms with van der Waals surface area (Å²) in [7, 11) is -3.39. The van der Waals surface area contributed by atoms with Crippen LogP contribution in [0.4, 0.5) is 0 Å². The minimum absolute atomic E-state index is 0.00565. The molecular formula is C24H32N2O3S. The summed E-state index contributed by atoms with van der Waals surface area (Å²) in [6.45, 7) is 9.46. The van der Waals surface area contributed by atoms with Gasteiger partial charge in [0.05, 0.1) is 10.9 Å². The molecule has 6 heteroatoms. The van der Waals surface area contributed by atoms with Gasteiger partial charge in [-0.3, -0.25) is 4.79 Å². The first kappa shape index (κ1) is 22.5. The van der Waals surface area contributed by atoms with Crippen molar-refractivity contribution in [2.24, 2.45) is 0 Å². The Kier molecular flexibility index (Phi) is 6.98. The predicted molar refractivity (Wildman–Crippen MR) is 120 cm³/mol. The molecule has 0 unspecified atom stereocenters. The zero-order valence-corrected chi connectivity index (χ0v) is 19.2. The Bertz CT molecular complexity index is 1010. The molecule has 1 amide bonds. The molecule has 0 bridgehead atoms. The number of carbonyl (C=O) groups is 1. The molecule has 0 aliphatic carbocycles. The molecule has 1 aliphatic heterocycles. The fourth-order valence-corrected chi connectivity index (χ4v) is 5.52. The van der Waals surface area contributed by atoms with E-state index in [0.29, 0.717) is 30.8 Å². The third kappa shape index (κ3) is 5.10. The molecule has 0 radical (unpaired) electrons. The Morgan fingerprint density at radius 3 is 2.23 bits per heavy atom. The van der Waals surface area contributed by atoms with Crippen molar-refractivity contribution in [3.63, 3.8) is 0 Å². The topological polar surface area (TPSA) is 66.5 Å². The van der Waals surface area contributed by atoms with Gasteiger partial charge in [-0.1, -0.05) is 24.3 Å². The molecule has 3 rings (SSSR count). The van der Waals surface area contributed by atoms with Crippen LogP contribution in [0.5, 0.6) is 0 Å². The van der Waals surface area contributed by atoms with Crippen molar-refractivity contribution in [1.82, 2.24) is 9.62 Å². The highest BCUT2D eigenvalue weighted by Gasteiger charge is 2.26. The van der Waals surface area contributed by atoms with Gasteiger partial charge < -0.3 is 5.32 Å². The van der Waals surface area contributed by atoms with E-state index in [1.807, 2.05) is 19.1 Å². The lowest BCUT2D eigenvalue weighted by molar-refractivity contribution is -0.121. The van der Waals surface area contributed by atoms with Crippen LogP contribution >= 0.6 is 0 Å². The third-order valence-electron chi connectivity index (χ3n) is 5.99. The van der Waals surface area contributed by atoms with E-state index >= 15 is 0 Å². The number of hydrogen-bond acceptors (Lipinski definition) is 3. The first-order valence-corrected chi connectivity index (χ1v) is 12.1. The van der Waals surface area contributed by atoms with Crippen molar-refractivity contribution in [2.75, 3.05) is 13.1 Å². The number of rotatable bonds is 7. The Balaban J connectivity index is 1.56. The summed E-state index contributed by atoms with van der Waals surface area (Å²) in [6.07, 6.45) is 2.79. The van der Waals surface area contributed by atoms with E-state index in [-0.39, 0.29) is 11.9 Å². The third-order valence-corrected chi connectivity index (χ3v) is 7.91. The zero-order chi connectivity index (χ0) is 21.9. The van der Waals surface area contributed by atoms with Gasteiger partial charge in [0.1, 0.15) is 0 Å². The summed E-state index contributed by atoms with van der Waals surface area (Å²) in [6, 6.07) is 11.2. The van der Waals surface area contributed by atoms with Crippen LogP contribution in [-0.4, -0.2) is 31.7 Å². The summed E-state index contributed by atoms with van der Waals surface area (Å²) in [5.74, 6) is -0.00565. The largest absolute Gasteiger partial charge is 0.350 e. The fraction of sp³-hybridized carbons (Fsp3) is 0.458. The van der Waals surface area contributed by atoms with Crippen LogP contribution in [0.25, 0.3) is 0 Å². The van der Waals surface area contributed by atoms with Gasteiger partial charge in [0, 0.05) is 19.5 Å². The van der Waals surface area contributed by atoms with E-state index in [1.165, 1.54) is 16.7 Å². The predicted octanol–water partition coefficient (Wildman–Crippen LogP) is 4.21. The first-order chi connectivity index (χ1) is 14.2. The number of nitrogens with one attached hydrogen (secondary N) is 1. The molecule has 1 aliphatic rings. The second-order valence-corrected chi connectivity index (χ2v) is 10.3. The summed E-state index contributed by atoms with van der Waals surface area (Å²) >= 11 is 0. The second kappa shape index (κ2) is 9.31.